The third kappa shape index (κ3) is 2.05. The number of likely N-dealkylation sites (N-methyl/N-ethyl adjacent to an activating group) is 1. The zero-order valence-corrected chi connectivity index (χ0v) is 13.5. The number of rotatable bonds is 1. The van der Waals surface area contributed by atoms with E-state index in [9.17, 15) is 0 Å². The molecular weight excluding hydrogens is 428 g/mol. The Morgan fingerprint density at radius 2 is 2.00 bits per heavy atom. The second kappa shape index (κ2) is 5.21. The van der Waals surface area contributed by atoms with Crippen molar-refractivity contribution in [3.05, 3.63) is 49.1 Å². The molecule has 1 saturated heterocycles. The molecule has 1 aromatic heterocycles. The minimum absolute atomic E-state index is 0. The first-order chi connectivity index (χ1) is 9.33. The van der Waals surface area contributed by atoms with Crippen molar-refractivity contribution in [2.24, 2.45) is 0 Å². The van der Waals surface area contributed by atoms with Crippen molar-refractivity contribution >= 4 is 27.6 Å². The number of anilines is 1. The topological polar surface area (TPSA) is 19.6 Å². The van der Waals surface area contributed by atoms with Crippen LogP contribution in [0.1, 0.15) is 0 Å². The SMILES string of the molecule is CN1[CH-]N(c2[c-]ccc3c2oc2ccccc23)CC1.[Ir]. The fraction of sp³-hybridized carbons (Fsp3) is 0.188. The summed E-state index contributed by atoms with van der Waals surface area (Å²) in [5.74, 6) is 0. The molecule has 105 valence electrons. The molecule has 4 heteroatoms. The molecule has 2 heterocycles. The summed E-state index contributed by atoms with van der Waals surface area (Å²) in [6.07, 6.45) is 0. The van der Waals surface area contributed by atoms with Gasteiger partial charge in [0.05, 0.1) is 0 Å². The summed E-state index contributed by atoms with van der Waals surface area (Å²) in [4.78, 5) is 4.38. The van der Waals surface area contributed by atoms with Gasteiger partial charge < -0.3 is 14.2 Å². The van der Waals surface area contributed by atoms with Crippen LogP contribution in [0.15, 0.2) is 40.8 Å². The molecule has 4 rings (SSSR count). The number of hydrogen-bond donors (Lipinski definition) is 0. The Labute approximate surface area is 131 Å². The number of furan rings is 1. The van der Waals surface area contributed by atoms with E-state index >= 15 is 0 Å². The minimum Gasteiger partial charge on any atom is -0.525 e. The molecule has 0 bridgehead atoms. The maximum Gasteiger partial charge on any atom is 0.116 e. The van der Waals surface area contributed by atoms with Gasteiger partial charge in [0.2, 0.25) is 0 Å². The van der Waals surface area contributed by atoms with Gasteiger partial charge in [-0.25, -0.2) is 0 Å². The number of fused-ring (bicyclic) bond motifs is 3. The van der Waals surface area contributed by atoms with Crippen molar-refractivity contribution in [2.75, 3.05) is 25.0 Å². The van der Waals surface area contributed by atoms with Crippen LogP contribution in [0, 0.1) is 12.7 Å². The average molecular weight is 443 g/mol. The summed E-state index contributed by atoms with van der Waals surface area (Å²) >= 11 is 0. The monoisotopic (exact) mass is 443 g/mol. The Morgan fingerprint density at radius 1 is 1.15 bits per heavy atom. The fourth-order valence-corrected chi connectivity index (χ4v) is 2.68. The summed E-state index contributed by atoms with van der Waals surface area (Å²) in [6.45, 7) is 4.12. The van der Waals surface area contributed by atoms with Crippen molar-refractivity contribution in [1.82, 2.24) is 4.90 Å². The smallest absolute Gasteiger partial charge is 0.116 e. The quantitative estimate of drug-likeness (QED) is 0.540. The van der Waals surface area contributed by atoms with Gasteiger partial charge in [0.25, 0.3) is 0 Å². The second-order valence-corrected chi connectivity index (χ2v) is 4.96. The number of nitrogens with zero attached hydrogens (tertiary/aromatic N) is 2. The standard InChI is InChI=1S/C16H14N2O.Ir/c1-17-9-10-18(11-17)14-7-4-6-13-12-5-2-3-8-15(12)19-16(13)14;/h2-6,8,11H,9-10H2,1H3;/q-2;. The van der Waals surface area contributed by atoms with E-state index in [2.05, 4.69) is 41.7 Å². The predicted octanol–water partition coefficient (Wildman–Crippen LogP) is 3.25. The van der Waals surface area contributed by atoms with Crippen LogP contribution < -0.4 is 4.90 Å². The van der Waals surface area contributed by atoms with Gasteiger partial charge in [-0.15, -0.1) is 0 Å². The molecule has 0 saturated carbocycles. The van der Waals surface area contributed by atoms with E-state index in [0.717, 1.165) is 35.3 Å². The minimum atomic E-state index is 0. The van der Waals surface area contributed by atoms with Crippen molar-refractivity contribution < 1.29 is 24.5 Å². The van der Waals surface area contributed by atoms with Gasteiger partial charge in [-0.3, -0.25) is 0 Å². The fourth-order valence-electron chi connectivity index (χ4n) is 2.68. The summed E-state index contributed by atoms with van der Waals surface area (Å²) in [5, 5.41) is 2.33. The van der Waals surface area contributed by atoms with Crippen LogP contribution in [0.5, 0.6) is 0 Å². The molecule has 0 amide bonds. The van der Waals surface area contributed by atoms with Gasteiger partial charge in [0.1, 0.15) is 5.58 Å². The Kier molecular flexibility index (Phi) is 3.55. The number of hydrogen-bond acceptors (Lipinski definition) is 3. The van der Waals surface area contributed by atoms with Crippen LogP contribution in [-0.2, 0) is 20.1 Å². The Morgan fingerprint density at radius 3 is 2.80 bits per heavy atom. The molecule has 1 fully saturated rings. The molecule has 3 aromatic rings. The molecule has 2 aromatic carbocycles. The van der Waals surface area contributed by atoms with Crippen LogP contribution in [0.2, 0.25) is 0 Å². The maximum atomic E-state index is 6.02. The average Bonchev–Trinajstić information content (AvgIpc) is 3.02. The molecule has 1 aliphatic rings. The van der Waals surface area contributed by atoms with Crippen molar-refractivity contribution in [2.45, 2.75) is 0 Å². The van der Waals surface area contributed by atoms with Gasteiger partial charge in [0, 0.05) is 31.1 Å². The molecule has 0 N–H and O–H groups in total. The van der Waals surface area contributed by atoms with Crippen molar-refractivity contribution in [3.8, 4) is 0 Å². The Bertz CT molecular complexity index is 752. The first kappa shape index (κ1) is 13.6. The van der Waals surface area contributed by atoms with E-state index in [4.69, 9.17) is 4.42 Å². The van der Waals surface area contributed by atoms with E-state index in [1.54, 1.807) is 0 Å². The molecular formula is C16H14IrN2O-2. The van der Waals surface area contributed by atoms with E-state index in [1.165, 1.54) is 5.39 Å². The first-order valence-electron chi connectivity index (χ1n) is 6.47. The van der Waals surface area contributed by atoms with E-state index in [-0.39, 0.29) is 20.1 Å². The van der Waals surface area contributed by atoms with Crippen molar-refractivity contribution in [3.63, 3.8) is 0 Å². The van der Waals surface area contributed by atoms with Crippen LogP contribution >= 0.6 is 0 Å². The molecule has 0 spiro atoms. The third-order valence-electron chi connectivity index (χ3n) is 3.64. The zero-order valence-electron chi connectivity index (χ0n) is 11.1. The van der Waals surface area contributed by atoms with E-state index in [0.29, 0.717) is 0 Å². The molecule has 1 aliphatic heterocycles. The molecule has 3 nitrogen and oxygen atoms in total. The predicted molar refractivity (Wildman–Crippen MR) is 76.8 cm³/mol. The Hall–Kier alpha value is -1.35. The van der Waals surface area contributed by atoms with E-state index < -0.39 is 0 Å². The Balaban J connectivity index is 0.00000121. The maximum absolute atomic E-state index is 6.02. The largest absolute Gasteiger partial charge is 0.525 e. The molecule has 0 atom stereocenters. The normalized spacial score (nSPS) is 15.9. The van der Waals surface area contributed by atoms with Gasteiger partial charge in [-0.05, 0) is 26.2 Å². The molecule has 20 heavy (non-hydrogen) atoms. The first-order valence-corrected chi connectivity index (χ1v) is 6.47. The second-order valence-electron chi connectivity index (χ2n) is 4.96. The zero-order chi connectivity index (χ0) is 12.8. The third-order valence-corrected chi connectivity index (χ3v) is 3.64. The summed E-state index contributed by atoms with van der Waals surface area (Å²) < 4.78 is 6.02. The molecule has 0 aliphatic carbocycles. The van der Waals surface area contributed by atoms with Crippen molar-refractivity contribution in [1.29, 1.82) is 0 Å². The van der Waals surface area contributed by atoms with Crippen LogP contribution in [0.4, 0.5) is 5.69 Å². The summed E-state index contributed by atoms with van der Waals surface area (Å²) in [6, 6.07) is 15.5. The van der Waals surface area contributed by atoms with Gasteiger partial charge >= 0.3 is 0 Å². The number of benzene rings is 2. The van der Waals surface area contributed by atoms with E-state index in [1.807, 2.05) is 24.3 Å². The number of para-hydroxylation sites is 1. The van der Waals surface area contributed by atoms with Gasteiger partial charge in [-0.1, -0.05) is 29.3 Å². The summed E-state index contributed by atoms with van der Waals surface area (Å²) in [5.41, 5.74) is 2.89. The van der Waals surface area contributed by atoms with Crippen LogP contribution in [0.25, 0.3) is 21.9 Å². The summed E-state index contributed by atoms with van der Waals surface area (Å²) in [7, 11) is 2.08. The van der Waals surface area contributed by atoms with Gasteiger partial charge in [0.15, 0.2) is 0 Å². The van der Waals surface area contributed by atoms with Gasteiger partial charge in [-0.2, -0.15) is 24.9 Å². The molecule has 0 unspecified atom stereocenters. The molecule has 1 radical (unpaired) electrons. The van der Waals surface area contributed by atoms with Crippen LogP contribution in [0.3, 0.4) is 0 Å². The van der Waals surface area contributed by atoms with Crippen LogP contribution in [-0.4, -0.2) is 25.0 Å².